The van der Waals surface area contributed by atoms with Crippen molar-refractivity contribution < 1.29 is 37.3 Å². The van der Waals surface area contributed by atoms with Gasteiger partial charge in [0.25, 0.3) is 7.82 Å². The van der Waals surface area contributed by atoms with E-state index in [-0.39, 0.29) is 31.5 Å². The maximum atomic E-state index is 13.6. The number of phosphoric acid groups is 1. The van der Waals surface area contributed by atoms with E-state index in [0.29, 0.717) is 17.4 Å². The molecule has 0 spiro atoms. The number of unbranched alkanes of at least 4 members (excludes halogenated alkanes) is 52. The van der Waals surface area contributed by atoms with Gasteiger partial charge in [-0.15, -0.1) is 0 Å². The van der Waals surface area contributed by atoms with Crippen LogP contribution < -0.4 is 10.2 Å². The molecule has 1 N–H and O–H groups in total. The molecule has 0 aliphatic rings. The van der Waals surface area contributed by atoms with Crippen molar-refractivity contribution in [1.29, 1.82) is 0 Å². The van der Waals surface area contributed by atoms with E-state index < -0.39 is 20.0 Å². The van der Waals surface area contributed by atoms with Crippen LogP contribution in [-0.2, 0) is 27.9 Å². The molecular weight excluding hydrogens is 1070 g/mol. The highest BCUT2D eigenvalue weighted by Crippen LogP contribution is 2.38. The normalized spacial score (nSPS) is 13.5. The van der Waals surface area contributed by atoms with Crippen molar-refractivity contribution in [2.24, 2.45) is 0 Å². The molecule has 1 amide bonds. The fourth-order valence-corrected chi connectivity index (χ4v) is 12.3. The second kappa shape index (κ2) is 65.4. The zero-order valence-electron chi connectivity index (χ0n) is 57.8. The quantitative estimate of drug-likeness (QED) is 0.0212. The molecule has 0 aliphatic heterocycles. The van der Waals surface area contributed by atoms with Gasteiger partial charge < -0.3 is 28.5 Å². The van der Waals surface area contributed by atoms with Gasteiger partial charge in [0.2, 0.25) is 5.91 Å². The van der Waals surface area contributed by atoms with Crippen LogP contribution >= 0.6 is 7.82 Å². The highest BCUT2D eigenvalue weighted by atomic mass is 31.2. The second-order valence-electron chi connectivity index (χ2n) is 27.2. The predicted octanol–water partition coefficient (Wildman–Crippen LogP) is 23.4. The number of phosphoric ester groups is 1. The van der Waals surface area contributed by atoms with Crippen LogP contribution in [0.25, 0.3) is 0 Å². The molecule has 0 aromatic rings. The number of hydrogen-bond donors (Lipinski definition) is 1. The Hall–Kier alpha value is -1.51. The van der Waals surface area contributed by atoms with Crippen molar-refractivity contribution in [2.45, 2.75) is 405 Å². The maximum Gasteiger partial charge on any atom is 0.306 e. The SMILES string of the molecule is CCCCCCCC/C=C/CCCCCCCCCCCCCCCCCCCC(=O)OC(/C=C/CCCCCCCCCCCCC)C(COP(=O)([O-])OCC[N+](C)(C)C)NC(=O)CCCCCCCCCCCCCCCCCCCCC. The summed E-state index contributed by atoms with van der Waals surface area (Å²) in [6.45, 7) is 6.92. The molecule has 0 aliphatic carbocycles. The fourth-order valence-electron chi connectivity index (χ4n) is 11.6. The molecule has 10 heteroatoms. The van der Waals surface area contributed by atoms with Gasteiger partial charge in [0.05, 0.1) is 33.8 Å². The Balaban J connectivity index is 4.97. The molecule has 3 unspecified atom stereocenters. The van der Waals surface area contributed by atoms with Crippen LogP contribution in [-0.4, -0.2) is 69.4 Å². The zero-order chi connectivity index (χ0) is 62.1. The van der Waals surface area contributed by atoms with Crippen molar-refractivity contribution in [2.75, 3.05) is 40.9 Å². The van der Waals surface area contributed by atoms with E-state index in [1.54, 1.807) is 0 Å². The third kappa shape index (κ3) is 66.7. The van der Waals surface area contributed by atoms with Crippen LogP contribution in [0.5, 0.6) is 0 Å². The topological polar surface area (TPSA) is 114 Å². The molecule has 0 rings (SSSR count). The first-order chi connectivity index (χ1) is 41.4. The van der Waals surface area contributed by atoms with Crippen LogP contribution in [0.1, 0.15) is 393 Å². The number of allylic oxidation sites excluding steroid dienone is 3. The summed E-state index contributed by atoms with van der Waals surface area (Å²) in [6.07, 6.45) is 80.3. The summed E-state index contributed by atoms with van der Waals surface area (Å²) in [4.78, 5) is 40.2. The number of carbonyl (C=O) groups excluding carboxylic acids is 2. The molecule has 0 radical (unpaired) electrons. The van der Waals surface area contributed by atoms with Crippen LogP contribution in [0.4, 0.5) is 0 Å². The minimum Gasteiger partial charge on any atom is -0.756 e. The third-order valence-electron chi connectivity index (χ3n) is 17.4. The summed E-state index contributed by atoms with van der Waals surface area (Å²) in [5, 5.41) is 3.06. The first kappa shape index (κ1) is 83.5. The van der Waals surface area contributed by atoms with Crippen molar-refractivity contribution >= 4 is 19.7 Å². The molecule has 9 nitrogen and oxygen atoms in total. The number of nitrogens with one attached hydrogen (secondary N) is 1. The minimum atomic E-state index is -4.70. The number of esters is 1. The summed E-state index contributed by atoms with van der Waals surface area (Å²) in [6, 6.07) is -0.883. The maximum absolute atomic E-state index is 13.6. The number of amides is 1. The second-order valence-corrected chi connectivity index (χ2v) is 28.6. The summed E-state index contributed by atoms with van der Waals surface area (Å²) in [7, 11) is 1.21. The number of rotatable bonds is 70. The van der Waals surface area contributed by atoms with E-state index in [2.05, 4.69) is 38.2 Å². The average Bonchev–Trinajstić information content (AvgIpc) is 3.50. The van der Waals surface area contributed by atoms with Crippen LogP contribution in [0.2, 0.25) is 0 Å². The highest BCUT2D eigenvalue weighted by Gasteiger charge is 2.27. The first-order valence-electron chi connectivity index (χ1n) is 37.6. The Bertz CT molecular complexity index is 1500. The number of hydrogen-bond acceptors (Lipinski definition) is 7. The monoisotopic (exact) mass is 1220 g/mol. The minimum absolute atomic E-state index is 0.0174. The van der Waals surface area contributed by atoms with Crippen LogP contribution in [0, 0.1) is 0 Å². The lowest BCUT2D eigenvalue weighted by molar-refractivity contribution is -0.870. The number of ether oxygens (including phenoxy) is 1. The van der Waals surface area contributed by atoms with E-state index >= 15 is 0 Å². The highest BCUT2D eigenvalue weighted by molar-refractivity contribution is 7.45. The smallest absolute Gasteiger partial charge is 0.306 e. The lowest BCUT2D eigenvalue weighted by Crippen LogP contribution is -2.47. The van der Waals surface area contributed by atoms with Crippen LogP contribution in [0.15, 0.2) is 24.3 Å². The van der Waals surface area contributed by atoms with Crippen molar-refractivity contribution in [3.8, 4) is 0 Å². The molecular formula is C75H147N2O7P. The Morgan fingerprint density at radius 2 is 0.682 bits per heavy atom. The van der Waals surface area contributed by atoms with Crippen molar-refractivity contribution in [1.82, 2.24) is 5.32 Å². The predicted molar refractivity (Wildman–Crippen MR) is 367 cm³/mol. The Morgan fingerprint density at radius 3 is 1.00 bits per heavy atom. The van der Waals surface area contributed by atoms with Gasteiger partial charge in [0.15, 0.2) is 0 Å². The average molecular weight is 1220 g/mol. The Morgan fingerprint density at radius 1 is 0.400 bits per heavy atom. The van der Waals surface area contributed by atoms with Gasteiger partial charge in [-0.3, -0.25) is 14.2 Å². The summed E-state index contributed by atoms with van der Waals surface area (Å²) in [5.41, 5.74) is 0. The number of nitrogens with zero attached hydrogens (tertiary/aromatic N) is 1. The molecule has 0 aromatic carbocycles. The van der Waals surface area contributed by atoms with Crippen molar-refractivity contribution in [3.63, 3.8) is 0 Å². The molecule has 504 valence electrons. The molecule has 0 bridgehead atoms. The Kier molecular flexibility index (Phi) is 64.3. The first-order valence-corrected chi connectivity index (χ1v) is 39.1. The lowest BCUT2D eigenvalue weighted by Gasteiger charge is -2.30. The molecule has 0 heterocycles. The van der Waals surface area contributed by atoms with Gasteiger partial charge in [0.1, 0.15) is 19.3 Å². The number of quaternary nitrogens is 1. The molecule has 85 heavy (non-hydrogen) atoms. The van der Waals surface area contributed by atoms with Gasteiger partial charge in [-0.05, 0) is 57.4 Å². The largest absolute Gasteiger partial charge is 0.756 e. The van der Waals surface area contributed by atoms with Crippen LogP contribution in [0.3, 0.4) is 0 Å². The summed E-state index contributed by atoms with van der Waals surface area (Å²) >= 11 is 0. The number of likely N-dealkylation sites (N-methyl/N-ethyl adjacent to an activating group) is 1. The molecule has 0 fully saturated rings. The number of carbonyl (C=O) groups is 2. The molecule has 0 saturated heterocycles. The van der Waals surface area contributed by atoms with Gasteiger partial charge in [-0.2, -0.15) is 0 Å². The standard InChI is InChI=1S/C75H147N2O7P/c1-7-10-13-16-19-22-25-28-30-32-34-35-36-37-38-39-40-41-43-45-47-50-53-56-59-62-65-68-75(79)84-73(66-63-60-57-54-51-48-27-24-21-18-15-12-9-3)72(71-83-85(80,81)82-70-69-77(4,5)6)76-74(78)67-64-61-58-55-52-49-46-44-42-33-31-29-26-23-20-17-14-11-8-2/h28,30,63,66,72-73H,7-27,29,31-62,64-65,67-71H2,1-6H3,(H-,76,78,80,81)/b30-28+,66-63+. The molecule has 3 atom stereocenters. The van der Waals surface area contributed by atoms with E-state index in [9.17, 15) is 19.0 Å². The van der Waals surface area contributed by atoms with E-state index in [1.165, 1.54) is 302 Å². The Labute approximate surface area is 530 Å². The summed E-state index contributed by atoms with van der Waals surface area (Å²) in [5.74, 6) is -0.514. The van der Waals surface area contributed by atoms with Gasteiger partial charge in [0, 0.05) is 12.8 Å². The molecule has 0 saturated carbocycles. The van der Waals surface area contributed by atoms with E-state index in [0.717, 1.165) is 57.8 Å². The summed E-state index contributed by atoms with van der Waals surface area (Å²) < 4.78 is 30.5. The van der Waals surface area contributed by atoms with E-state index in [4.69, 9.17) is 13.8 Å². The lowest BCUT2D eigenvalue weighted by atomic mass is 10.0. The van der Waals surface area contributed by atoms with Crippen molar-refractivity contribution in [3.05, 3.63) is 24.3 Å². The molecule has 0 aromatic heterocycles. The fraction of sp³-hybridized carbons (Fsp3) is 0.920. The zero-order valence-corrected chi connectivity index (χ0v) is 58.7. The third-order valence-corrected chi connectivity index (χ3v) is 18.3. The van der Waals surface area contributed by atoms with Gasteiger partial charge in [-0.1, -0.05) is 347 Å². The van der Waals surface area contributed by atoms with Gasteiger partial charge >= 0.3 is 5.97 Å². The van der Waals surface area contributed by atoms with Gasteiger partial charge in [-0.25, -0.2) is 0 Å². The van der Waals surface area contributed by atoms with E-state index in [1.807, 2.05) is 33.3 Å².